The van der Waals surface area contributed by atoms with Gasteiger partial charge in [0.15, 0.2) is 11.2 Å². The van der Waals surface area contributed by atoms with E-state index in [-0.39, 0.29) is 5.91 Å². The van der Waals surface area contributed by atoms with Crippen molar-refractivity contribution in [2.45, 2.75) is 26.5 Å². The van der Waals surface area contributed by atoms with Crippen LogP contribution < -0.4 is 30.4 Å². The van der Waals surface area contributed by atoms with Crippen LogP contribution in [0.5, 0.6) is 17.2 Å². The van der Waals surface area contributed by atoms with Crippen LogP contribution in [0.15, 0.2) is 48.5 Å². The quantitative estimate of drug-likeness (QED) is 0.462. The molecule has 28 heavy (non-hydrogen) atoms. The van der Waals surface area contributed by atoms with Crippen molar-refractivity contribution < 1.29 is 19.0 Å². The maximum Gasteiger partial charge on any atom is 0.279 e. The van der Waals surface area contributed by atoms with Crippen LogP contribution in [0, 0.1) is 0 Å². The Morgan fingerprint density at radius 2 is 1.61 bits per heavy atom. The third kappa shape index (κ3) is 6.96. The normalized spacial score (nSPS) is 11.1. The predicted molar refractivity (Wildman–Crippen MR) is 111 cm³/mol. The number of ether oxygens (including phenoxy) is 3. The molecular weight excluding hydrogens is 378 g/mol. The molecule has 0 saturated heterocycles. The Balaban J connectivity index is 1.71. The summed E-state index contributed by atoms with van der Waals surface area (Å²) in [5.74, 6) is 1.77. The van der Waals surface area contributed by atoms with E-state index in [0.717, 1.165) is 17.1 Å². The summed E-state index contributed by atoms with van der Waals surface area (Å²) in [7, 11) is 1.62. The highest BCUT2D eigenvalue weighted by Crippen LogP contribution is 2.18. The largest absolute Gasteiger partial charge is 0.497 e. The average Bonchev–Trinajstić information content (AvgIpc) is 2.72. The fraction of sp³-hybridized carbons (Fsp3) is 0.300. The van der Waals surface area contributed by atoms with E-state index >= 15 is 0 Å². The van der Waals surface area contributed by atoms with Gasteiger partial charge in [-0.25, -0.2) is 0 Å². The first-order valence-electron chi connectivity index (χ1n) is 8.88. The molecule has 0 spiro atoms. The predicted octanol–water partition coefficient (Wildman–Crippen LogP) is 2.56. The van der Waals surface area contributed by atoms with E-state index in [1.165, 1.54) is 0 Å². The van der Waals surface area contributed by atoms with Gasteiger partial charge in [0.25, 0.3) is 5.91 Å². The zero-order chi connectivity index (χ0) is 20.4. The number of benzene rings is 2. The second-order valence-corrected chi connectivity index (χ2v) is 6.22. The molecule has 3 N–H and O–H groups in total. The number of thiocarbonyl (C=S) groups is 1. The van der Waals surface area contributed by atoms with Gasteiger partial charge in [0.05, 0.1) is 13.7 Å². The van der Waals surface area contributed by atoms with Crippen LogP contribution in [0.25, 0.3) is 0 Å². The van der Waals surface area contributed by atoms with Gasteiger partial charge in [-0.2, -0.15) is 0 Å². The van der Waals surface area contributed by atoms with Gasteiger partial charge in [0.1, 0.15) is 17.2 Å². The van der Waals surface area contributed by atoms with E-state index in [9.17, 15) is 4.79 Å². The number of amides is 1. The van der Waals surface area contributed by atoms with E-state index in [4.69, 9.17) is 26.4 Å². The summed E-state index contributed by atoms with van der Waals surface area (Å²) in [5.41, 5.74) is 6.22. The molecule has 0 bridgehead atoms. The zero-order valence-corrected chi connectivity index (χ0v) is 17.0. The molecule has 0 aliphatic rings. The lowest BCUT2D eigenvalue weighted by atomic mass is 10.2. The molecule has 2 aromatic carbocycles. The minimum absolute atomic E-state index is 0.303. The van der Waals surface area contributed by atoms with E-state index in [1.54, 1.807) is 38.3 Å². The van der Waals surface area contributed by atoms with Crippen LogP contribution in [-0.2, 0) is 11.3 Å². The van der Waals surface area contributed by atoms with Crippen LogP contribution in [0.3, 0.4) is 0 Å². The number of rotatable bonds is 8. The van der Waals surface area contributed by atoms with Gasteiger partial charge in [-0.15, -0.1) is 0 Å². The lowest BCUT2D eigenvalue weighted by Crippen LogP contribution is -2.50. The topological polar surface area (TPSA) is 80.9 Å². The molecule has 0 radical (unpaired) electrons. The van der Waals surface area contributed by atoms with E-state index in [1.807, 2.05) is 31.2 Å². The van der Waals surface area contributed by atoms with Gasteiger partial charge in [0, 0.05) is 6.54 Å². The van der Waals surface area contributed by atoms with Crippen molar-refractivity contribution in [2.24, 2.45) is 0 Å². The highest BCUT2D eigenvalue weighted by molar-refractivity contribution is 7.80. The van der Waals surface area contributed by atoms with Crippen molar-refractivity contribution in [3.63, 3.8) is 0 Å². The van der Waals surface area contributed by atoms with Crippen molar-refractivity contribution in [1.29, 1.82) is 0 Å². The van der Waals surface area contributed by atoms with Crippen molar-refractivity contribution in [3.05, 3.63) is 54.1 Å². The lowest BCUT2D eigenvalue weighted by Gasteiger charge is -2.17. The maximum atomic E-state index is 12.1. The fourth-order valence-corrected chi connectivity index (χ4v) is 2.35. The first-order valence-corrected chi connectivity index (χ1v) is 9.28. The van der Waals surface area contributed by atoms with Crippen molar-refractivity contribution >= 4 is 23.2 Å². The highest BCUT2D eigenvalue weighted by Gasteiger charge is 2.14. The molecule has 2 aromatic rings. The molecule has 0 aliphatic heterocycles. The Hall–Kier alpha value is -3.00. The Morgan fingerprint density at radius 3 is 2.21 bits per heavy atom. The molecule has 0 saturated carbocycles. The Morgan fingerprint density at radius 1 is 1.00 bits per heavy atom. The monoisotopic (exact) mass is 403 g/mol. The van der Waals surface area contributed by atoms with E-state index in [0.29, 0.717) is 24.0 Å². The number of hydrogen-bond donors (Lipinski definition) is 3. The minimum atomic E-state index is -0.699. The summed E-state index contributed by atoms with van der Waals surface area (Å²) < 4.78 is 16.1. The number of nitrogens with one attached hydrogen (secondary N) is 3. The highest BCUT2D eigenvalue weighted by atomic mass is 32.1. The number of carbonyl (C=O) groups is 1. The fourth-order valence-electron chi connectivity index (χ4n) is 2.23. The molecular formula is C20H25N3O4S. The second kappa shape index (κ2) is 11.0. The molecule has 7 nitrogen and oxygen atoms in total. The standard InChI is InChI=1S/C20H25N3O4S/c1-4-26-17-9-11-18(12-10-17)27-14(2)19(24)22-23-20(28)21-13-15-5-7-16(25-3)8-6-15/h5-12,14H,4,13H2,1-3H3,(H,22,24)(H2,21,23,28)/t14-/m0/s1. The number of carbonyl (C=O) groups excluding carboxylic acids is 1. The molecule has 0 unspecified atom stereocenters. The third-order valence-electron chi connectivity index (χ3n) is 3.73. The van der Waals surface area contributed by atoms with Gasteiger partial charge in [0.2, 0.25) is 0 Å². The molecule has 0 fully saturated rings. The summed E-state index contributed by atoms with van der Waals surface area (Å²) in [5, 5.41) is 3.31. The zero-order valence-electron chi connectivity index (χ0n) is 16.2. The van der Waals surface area contributed by atoms with Gasteiger partial charge in [-0.1, -0.05) is 12.1 Å². The van der Waals surface area contributed by atoms with E-state index < -0.39 is 6.10 Å². The maximum absolute atomic E-state index is 12.1. The Labute approximate surface area is 170 Å². The molecule has 150 valence electrons. The third-order valence-corrected chi connectivity index (χ3v) is 3.97. The smallest absolute Gasteiger partial charge is 0.279 e. The molecule has 0 heterocycles. The molecule has 2 rings (SSSR count). The molecule has 1 atom stereocenters. The van der Waals surface area contributed by atoms with E-state index in [2.05, 4.69) is 16.2 Å². The number of hydrogen-bond acceptors (Lipinski definition) is 5. The van der Waals surface area contributed by atoms with Crippen LogP contribution in [0.2, 0.25) is 0 Å². The summed E-state index contributed by atoms with van der Waals surface area (Å²) in [6.45, 7) is 4.68. The van der Waals surface area contributed by atoms with Gasteiger partial charge in [-0.3, -0.25) is 15.6 Å². The lowest BCUT2D eigenvalue weighted by molar-refractivity contribution is -0.127. The SMILES string of the molecule is CCOc1ccc(O[C@@H](C)C(=O)NNC(=S)NCc2ccc(OC)cc2)cc1. The van der Waals surface area contributed by atoms with Crippen molar-refractivity contribution in [1.82, 2.24) is 16.2 Å². The van der Waals surface area contributed by atoms with Gasteiger partial charge >= 0.3 is 0 Å². The summed E-state index contributed by atoms with van der Waals surface area (Å²) in [6.07, 6.45) is -0.699. The van der Waals surface area contributed by atoms with Crippen LogP contribution >= 0.6 is 12.2 Å². The summed E-state index contributed by atoms with van der Waals surface area (Å²) >= 11 is 5.16. The molecule has 8 heteroatoms. The van der Waals surface area contributed by atoms with Crippen molar-refractivity contribution in [3.8, 4) is 17.2 Å². The Kier molecular flexibility index (Phi) is 8.36. The first kappa shape index (κ1) is 21.3. The first-order chi connectivity index (χ1) is 13.5. The van der Waals surface area contributed by atoms with Gasteiger partial charge < -0.3 is 19.5 Å². The molecule has 0 aromatic heterocycles. The van der Waals surface area contributed by atoms with Crippen LogP contribution in [0.1, 0.15) is 19.4 Å². The summed E-state index contributed by atoms with van der Waals surface area (Å²) in [6, 6.07) is 14.7. The van der Waals surface area contributed by atoms with Crippen molar-refractivity contribution in [2.75, 3.05) is 13.7 Å². The average molecular weight is 404 g/mol. The number of hydrazine groups is 1. The number of methoxy groups -OCH3 is 1. The summed E-state index contributed by atoms with van der Waals surface area (Å²) in [4.78, 5) is 12.1. The van der Waals surface area contributed by atoms with Crippen LogP contribution in [-0.4, -0.2) is 30.8 Å². The minimum Gasteiger partial charge on any atom is -0.497 e. The Bertz CT molecular complexity index is 766. The molecule has 0 aliphatic carbocycles. The van der Waals surface area contributed by atoms with Gasteiger partial charge in [-0.05, 0) is 68.0 Å². The van der Waals surface area contributed by atoms with Crippen LogP contribution in [0.4, 0.5) is 0 Å². The molecule has 1 amide bonds. The second-order valence-electron chi connectivity index (χ2n) is 5.81.